The number of aliphatic imine (C=N–C) groups is 1. The van der Waals surface area contributed by atoms with E-state index in [2.05, 4.69) is 166 Å². The van der Waals surface area contributed by atoms with Gasteiger partial charge in [0.05, 0.1) is 11.4 Å². The quantitative estimate of drug-likeness (QED) is 0.205. The molecule has 0 unspecified atom stereocenters. The van der Waals surface area contributed by atoms with Crippen LogP contribution in [-0.4, -0.2) is 5.71 Å². The predicted octanol–water partition coefficient (Wildman–Crippen LogP) is 9.77. The standard InChI is InChI=1S/C38H31N/c1-38(2)33-20-12-13-21-34(33)39-35(38)27-24-28-22-25-32(26-23-28)37(31-18-10-5-11-19-31)36(29-14-6-3-7-15-29)30-16-8-4-9-17-30/h3-27H,1-2H3/b27-24+. The fourth-order valence-electron chi connectivity index (χ4n) is 5.41. The molecule has 5 aromatic carbocycles. The topological polar surface area (TPSA) is 12.4 Å². The lowest BCUT2D eigenvalue weighted by Crippen LogP contribution is -2.23. The third kappa shape index (κ3) is 4.92. The highest BCUT2D eigenvalue weighted by atomic mass is 14.8. The molecule has 1 nitrogen and oxygen atoms in total. The van der Waals surface area contributed by atoms with E-state index in [0.717, 1.165) is 17.0 Å². The molecule has 0 fully saturated rings. The smallest absolute Gasteiger partial charge is 0.0674 e. The number of rotatable bonds is 6. The fourth-order valence-corrected chi connectivity index (χ4v) is 5.41. The maximum absolute atomic E-state index is 4.92. The number of benzene rings is 5. The summed E-state index contributed by atoms with van der Waals surface area (Å²) in [5, 5.41) is 0. The van der Waals surface area contributed by atoms with Gasteiger partial charge in [0.15, 0.2) is 0 Å². The van der Waals surface area contributed by atoms with Crippen molar-refractivity contribution in [1.29, 1.82) is 0 Å². The van der Waals surface area contributed by atoms with Crippen LogP contribution < -0.4 is 0 Å². The molecule has 0 radical (unpaired) electrons. The number of para-hydroxylation sites is 1. The van der Waals surface area contributed by atoms with Crippen LogP contribution in [0.1, 0.15) is 47.2 Å². The van der Waals surface area contributed by atoms with E-state index in [1.807, 2.05) is 0 Å². The van der Waals surface area contributed by atoms with Gasteiger partial charge in [0.2, 0.25) is 0 Å². The fraction of sp³-hybridized carbons (Fsp3) is 0.0789. The van der Waals surface area contributed by atoms with Crippen molar-refractivity contribution in [3.63, 3.8) is 0 Å². The van der Waals surface area contributed by atoms with Gasteiger partial charge in [-0.2, -0.15) is 0 Å². The van der Waals surface area contributed by atoms with Crippen LogP contribution in [0.15, 0.2) is 151 Å². The summed E-state index contributed by atoms with van der Waals surface area (Å²) in [7, 11) is 0. The zero-order valence-electron chi connectivity index (χ0n) is 22.4. The van der Waals surface area contributed by atoms with Gasteiger partial charge >= 0.3 is 0 Å². The van der Waals surface area contributed by atoms with Gasteiger partial charge in [0.1, 0.15) is 0 Å². The lowest BCUT2D eigenvalue weighted by Gasteiger charge is -2.20. The maximum Gasteiger partial charge on any atom is 0.0674 e. The monoisotopic (exact) mass is 501 g/mol. The van der Waals surface area contributed by atoms with Crippen LogP contribution in [0.2, 0.25) is 0 Å². The van der Waals surface area contributed by atoms with E-state index in [4.69, 9.17) is 4.99 Å². The van der Waals surface area contributed by atoms with Gasteiger partial charge in [-0.15, -0.1) is 0 Å². The van der Waals surface area contributed by atoms with Crippen LogP contribution in [0.5, 0.6) is 0 Å². The summed E-state index contributed by atoms with van der Waals surface area (Å²) in [4.78, 5) is 4.92. The Morgan fingerprint density at radius 2 is 0.923 bits per heavy atom. The number of hydrogen-bond acceptors (Lipinski definition) is 1. The van der Waals surface area contributed by atoms with E-state index < -0.39 is 0 Å². The van der Waals surface area contributed by atoms with Crippen LogP contribution in [0.25, 0.3) is 17.2 Å². The van der Waals surface area contributed by atoms with Crippen molar-refractivity contribution in [3.8, 4) is 0 Å². The SMILES string of the molecule is CC1(C)C(/C=C/c2ccc(C(=C(c3ccccc3)c3ccccc3)c3ccccc3)cc2)=Nc2ccccc21. The first-order valence-electron chi connectivity index (χ1n) is 13.5. The minimum Gasteiger partial charge on any atom is -0.252 e. The summed E-state index contributed by atoms with van der Waals surface area (Å²) >= 11 is 0. The summed E-state index contributed by atoms with van der Waals surface area (Å²) in [6.07, 6.45) is 4.35. The molecule has 1 aliphatic heterocycles. The molecule has 0 atom stereocenters. The van der Waals surface area contributed by atoms with Crippen LogP contribution >= 0.6 is 0 Å². The Balaban J connectivity index is 1.42. The molecule has 0 aliphatic carbocycles. The normalized spacial score (nSPS) is 13.6. The highest BCUT2D eigenvalue weighted by molar-refractivity contribution is 6.10. The zero-order chi connectivity index (χ0) is 26.7. The highest BCUT2D eigenvalue weighted by Gasteiger charge is 2.32. The minimum absolute atomic E-state index is 0.101. The molecule has 0 bridgehead atoms. The van der Waals surface area contributed by atoms with Gasteiger partial charge in [-0.3, -0.25) is 4.99 Å². The Labute approximate surface area is 231 Å². The summed E-state index contributed by atoms with van der Waals surface area (Å²) in [6.45, 7) is 4.49. The lowest BCUT2D eigenvalue weighted by molar-refractivity contribution is 0.740. The van der Waals surface area contributed by atoms with Crippen molar-refractivity contribution >= 4 is 28.6 Å². The van der Waals surface area contributed by atoms with Gasteiger partial charge in [0, 0.05) is 5.41 Å². The van der Waals surface area contributed by atoms with Gasteiger partial charge in [0.25, 0.3) is 0 Å². The molecule has 5 aromatic rings. The molecule has 6 rings (SSSR count). The number of allylic oxidation sites excluding steroid dienone is 1. The number of fused-ring (bicyclic) bond motifs is 1. The molecule has 39 heavy (non-hydrogen) atoms. The first kappa shape index (κ1) is 24.6. The number of hydrogen-bond donors (Lipinski definition) is 0. The van der Waals surface area contributed by atoms with E-state index in [9.17, 15) is 0 Å². The molecule has 0 aromatic heterocycles. The molecule has 188 valence electrons. The van der Waals surface area contributed by atoms with E-state index in [-0.39, 0.29) is 5.41 Å². The van der Waals surface area contributed by atoms with E-state index >= 15 is 0 Å². The third-order valence-electron chi connectivity index (χ3n) is 7.53. The molecule has 0 saturated heterocycles. The van der Waals surface area contributed by atoms with Crippen LogP contribution in [0, 0.1) is 0 Å². The van der Waals surface area contributed by atoms with Crippen LogP contribution in [-0.2, 0) is 5.41 Å². The second-order valence-electron chi connectivity index (χ2n) is 10.4. The second kappa shape index (κ2) is 10.6. The summed E-state index contributed by atoms with van der Waals surface area (Å²) in [6, 6.07) is 49.4. The first-order valence-corrected chi connectivity index (χ1v) is 13.5. The Bertz CT molecular complexity index is 1630. The average molecular weight is 502 g/mol. The zero-order valence-corrected chi connectivity index (χ0v) is 22.4. The maximum atomic E-state index is 4.92. The Hall–Kier alpha value is -4.75. The first-order chi connectivity index (χ1) is 19.1. The molecule has 1 heteroatoms. The Morgan fingerprint density at radius 3 is 1.41 bits per heavy atom. The van der Waals surface area contributed by atoms with Crippen LogP contribution in [0.3, 0.4) is 0 Å². The molecule has 0 N–H and O–H groups in total. The van der Waals surface area contributed by atoms with Gasteiger partial charge < -0.3 is 0 Å². The summed E-state index contributed by atoms with van der Waals surface area (Å²) in [5.74, 6) is 0. The van der Waals surface area contributed by atoms with Gasteiger partial charge in [-0.25, -0.2) is 0 Å². The lowest BCUT2D eigenvalue weighted by atomic mass is 9.81. The summed E-state index contributed by atoms with van der Waals surface area (Å²) in [5.41, 5.74) is 11.7. The Morgan fingerprint density at radius 1 is 0.487 bits per heavy atom. The predicted molar refractivity (Wildman–Crippen MR) is 166 cm³/mol. The van der Waals surface area contributed by atoms with E-state index in [1.54, 1.807) is 0 Å². The molecule has 1 heterocycles. The molecular formula is C38H31N. The average Bonchev–Trinajstić information content (AvgIpc) is 3.26. The van der Waals surface area contributed by atoms with E-state index in [1.165, 1.54) is 39.0 Å². The largest absolute Gasteiger partial charge is 0.252 e. The third-order valence-corrected chi connectivity index (χ3v) is 7.53. The van der Waals surface area contributed by atoms with Gasteiger partial charge in [-0.1, -0.05) is 153 Å². The highest BCUT2D eigenvalue weighted by Crippen LogP contribution is 2.40. The van der Waals surface area contributed by atoms with E-state index in [0.29, 0.717) is 0 Å². The number of nitrogens with zero attached hydrogens (tertiary/aromatic N) is 1. The van der Waals surface area contributed by atoms with Crippen molar-refractivity contribution in [1.82, 2.24) is 0 Å². The molecule has 0 saturated carbocycles. The van der Waals surface area contributed by atoms with Crippen molar-refractivity contribution in [2.24, 2.45) is 4.99 Å². The minimum atomic E-state index is -0.101. The summed E-state index contributed by atoms with van der Waals surface area (Å²) < 4.78 is 0. The molecule has 0 amide bonds. The Kier molecular flexibility index (Phi) is 6.65. The molecule has 1 aliphatic rings. The van der Waals surface area contributed by atoms with Crippen molar-refractivity contribution < 1.29 is 0 Å². The second-order valence-corrected chi connectivity index (χ2v) is 10.4. The molecule has 0 spiro atoms. The van der Waals surface area contributed by atoms with Crippen molar-refractivity contribution in [3.05, 3.63) is 179 Å². The van der Waals surface area contributed by atoms with Gasteiger partial charge in [-0.05, 0) is 56.7 Å². The van der Waals surface area contributed by atoms with Crippen LogP contribution in [0.4, 0.5) is 5.69 Å². The van der Waals surface area contributed by atoms with Crippen molar-refractivity contribution in [2.45, 2.75) is 19.3 Å². The van der Waals surface area contributed by atoms with Crippen molar-refractivity contribution in [2.75, 3.05) is 0 Å². The molecular weight excluding hydrogens is 470 g/mol.